The van der Waals surface area contributed by atoms with Gasteiger partial charge in [-0.3, -0.25) is 4.79 Å². The van der Waals surface area contributed by atoms with Gasteiger partial charge >= 0.3 is 0 Å². The normalized spacial score (nSPS) is 20.1. The van der Waals surface area contributed by atoms with Crippen molar-refractivity contribution in [3.05, 3.63) is 47.2 Å². The second-order valence-corrected chi connectivity index (χ2v) is 3.86. The number of aliphatic hydroxyl groups excluding tert-OH is 1. The van der Waals surface area contributed by atoms with Crippen molar-refractivity contribution in [1.82, 2.24) is 0 Å². The van der Waals surface area contributed by atoms with Gasteiger partial charge in [-0.2, -0.15) is 5.26 Å². The summed E-state index contributed by atoms with van der Waals surface area (Å²) in [5.41, 5.74) is 1.54. The SMILES string of the molecule is N#Cc1ccc([C@@H]2CCC(=O)C=C2O)cc1. The first-order valence-electron chi connectivity index (χ1n) is 5.14. The highest BCUT2D eigenvalue weighted by atomic mass is 16.3. The maximum atomic E-state index is 11.1. The summed E-state index contributed by atoms with van der Waals surface area (Å²) in [6.07, 6.45) is 2.40. The number of carbonyl (C=O) groups is 1. The molecule has 0 aliphatic heterocycles. The molecule has 80 valence electrons. The quantitative estimate of drug-likeness (QED) is 0.779. The van der Waals surface area contributed by atoms with Crippen molar-refractivity contribution >= 4 is 5.78 Å². The Bertz CT molecular complexity index is 480. The van der Waals surface area contributed by atoms with Gasteiger partial charge in [-0.15, -0.1) is 0 Å². The van der Waals surface area contributed by atoms with E-state index >= 15 is 0 Å². The second-order valence-electron chi connectivity index (χ2n) is 3.86. The number of ketones is 1. The predicted octanol–water partition coefficient (Wildman–Crippen LogP) is 2.45. The Morgan fingerprint density at radius 2 is 2.00 bits per heavy atom. The molecule has 1 aliphatic carbocycles. The monoisotopic (exact) mass is 213 g/mol. The first-order valence-corrected chi connectivity index (χ1v) is 5.14. The van der Waals surface area contributed by atoms with E-state index in [0.717, 1.165) is 5.56 Å². The average molecular weight is 213 g/mol. The molecule has 0 heterocycles. The minimum atomic E-state index is -0.106. The number of carbonyl (C=O) groups excluding carboxylic acids is 1. The molecule has 1 aliphatic rings. The van der Waals surface area contributed by atoms with E-state index < -0.39 is 0 Å². The number of allylic oxidation sites excluding steroid dienone is 2. The smallest absolute Gasteiger partial charge is 0.159 e. The molecule has 1 aromatic rings. The van der Waals surface area contributed by atoms with Crippen molar-refractivity contribution in [2.75, 3.05) is 0 Å². The lowest BCUT2D eigenvalue weighted by Crippen LogP contribution is -2.12. The Kier molecular flexibility index (Phi) is 2.74. The van der Waals surface area contributed by atoms with Crippen molar-refractivity contribution in [3.8, 4) is 6.07 Å². The Hall–Kier alpha value is -2.08. The summed E-state index contributed by atoms with van der Waals surface area (Å²) in [6.45, 7) is 0. The van der Waals surface area contributed by atoms with Gasteiger partial charge in [0.1, 0.15) is 5.76 Å². The molecule has 16 heavy (non-hydrogen) atoms. The molecule has 0 spiro atoms. The Morgan fingerprint density at radius 1 is 1.31 bits per heavy atom. The maximum Gasteiger partial charge on any atom is 0.159 e. The van der Waals surface area contributed by atoms with Gasteiger partial charge in [-0.25, -0.2) is 0 Å². The van der Waals surface area contributed by atoms with Crippen LogP contribution in [-0.2, 0) is 4.79 Å². The topological polar surface area (TPSA) is 61.1 Å². The number of benzene rings is 1. The summed E-state index contributed by atoms with van der Waals surface area (Å²) >= 11 is 0. The van der Waals surface area contributed by atoms with Crippen LogP contribution >= 0.6 is 0 Å². The zero-order valence-corrected chi connectivity index (χ0v) is 8.68. The van der Waals surface area contributed by atoms with Crippen molar-refractivity contribution in [3.63, 3.8) is 0 Å². The minimum absolute atomic E-state index is 0.0256. The summed E-state index contributed by atoms with van der Waals surface area (Å²) in [4.78, 5) is 11.1. The van der Waals surface area contributed by atoms with E-state index in [1.165, 1.54) is 6.08 Å². The molecule has 3 nitrogen and oxygen atoms in total. The van der Waals surface area contributed by atoms with Gasteiger partial charge in [0.2, 0.25) is 0 Å². The molecule has 0 unspecified atom stereocenters. The van der Waals surface area contributed by atoms with Gasteiger partial charge in [0.05, 0.1) is 11.6 Å². The number of hydrogen-bond donors (Lipinski definition) is 1. The van der Waals surface area contributed by atoms with E-state index in [1.54, 1.807) is 12.1 Å². The molecule has 0 saturated heterocycles. The summed E-state index contributed by atoms with van der Waals surface area (Å²) in [5.74, 6) is -0.00574. The van der Waals surface area contributed by atoms with Crippen molar-refractivity contribution in [2.45, 2.75) is 18.8 Å². The Labute approximate surface area is 93.6 Å². The number of rotatable bonds is 1. The molecule has 1 aromatic carbocycles. The Balaban J connectivity index is 2.28. The molecule has 0 radical (unpaired) electrons. The highest BCUT2D eigenvalue weighted by Crippen LogP contribution is 2.31. The van der Waals surface area contributed by atoms with Crippen LogP contribution in [0, 0.1) is 11.3 Å². The maximum absolute atomic E-state index is 11.1. The zero-order valence-electron chi connectivity index (χ0n) is 8.68. The van der Waals surface area contributed by atoms with Gasteiger partial charge in [0.15, 0.2) is 5.78 Å². The average Bonchev–Trinajstić information content (AvgIpc) is 2.29. The van der Waals surface area contributed by atoms with Crippen LogP contribution in [0.2, 0.25) is 0 Å². The number of aliphatic hydroxyl groups is 1. The highest BCUT2D eigenvalue weighted by molar-refractivity contribution is 5.91. The number of hydrogen-bond acceptors (Lipinski definition) is 3. The van der Waals surface area contributed by atoms with Crippen LogP contribution in [0.25, 0.3) is 0 Å². The molecule has 1 atom stereocenters. The zero-order chi connectivity index (χ0) is 11.5. The van der Waals surface area contributed by atoms with E-state index in [1.807, 2.05) is 18.2 Å². The van der Waals surface area contributed by atoms with Crippen molar-refractivity contribution in [2.24, 2.45) is 0 Å². The highest BCUT2D eigenvalue weighted by Gasteiger charge is 2.22. The molecular weight excluding hydrogens is 202 g/mol. The van der Waals surface area contributed by atoms with E-state index in [0.29, 0.717) is 18.4 Å². The van der Waals surface area contributed by atoms with E-state index in [4.69, 9.17) is 5.26 Å². The van der Waals surface area contributed by atoms with Gasteiger partial charge in [-0.05, 0) is 24.1 Å². The van der Waals surface area contributed by atoms with Crippen LogP contribution in [0.1, 0.15) is 29.9 Å². The summed E-state index contributed by atoms with van der Waals surface area (Å²) in [6, 6.07) is 9.13. The minimum Gasteiger partial charge on any atom is -0.512 e. The first-order chi connectivity index (χ1) is 7.70. The summed E-state index contributed by atoms with van der Waals surface area (Å²) < 4.78 is 0. The van der Waals surface area contributed by atoms with Crippen LogP contribution in [0.5, 0.6) is 0 Å². The van der Waals surface area contributed by atoms with Crippen LogP contribution in [-0.4, -0.2) is 10.9 Å². The third-order valence-electron chi connectivity index (χ3n) is 2.79. The lowest BCUT2D eigenvalue weighted by molar-refractivity contribution is -0.115. The van der Waals surface area contributed by atoms with Crippen LogP contribution in [0.4, 0.5) is 0 Å². The van der Waals surface area contributed by atoms with Gasteiger partial charge in [0, 0.05) is 18.4 Å². The molecular formula is C13H11NO2. The van der Waals surface area contributed by atoms with Gasteiger partial charge < -0.3 is 5.11 Å². The molecule has 0 saturated carbocycles. The third kappa shape index (κ3) is 1.96. The van der Waals surface area contributed by atoms with Crippen LogP contribution in [0.3, 0.4) is 0 Å². The van der Waals surface area contributed by atoms with Crippen molar-refractivity contribution in [1.29, 1.82) is 5.26 Å². The molecule has 2 rings (SSSR count). The lowest BCUT2D eigenvalue weighted by atomic mass is 9.87. The summed E-state index contributed by atoms with van der Waals surface area (Å²) in [5, 5.41) is 18.4. The fraction of sp³-hybridized carbons (Fsp3) is 0.231. The second kappa shape index (κ2) is 4.19. The molecule has 0 fully saturated rings. The van der Waals surface area contributed by atoms with E-state index in [2.05, 4.69) is 0 Å². The third-order valence-corrected chi connectivity index (χ3v) is 2.79. The van der Waals surface area contributed by atoms with Gasteiger partial charge in [0.25, 0.3) is 0 Å². The largest absolute Gasteiger partial charge is 0.512 e. The van der Waals surface area contributed by atoms with Crippen LogP contribution < -0.4 is 0 Å². The lowest BCUT2D eigenvalue weighted by Gasteiger charge is -2.19. The predicted molar refractivity (Wildman–Crippen MR) is 58.9 cm³/mol. The molecule has 0 bridgehead atoms. The molecule has 0 amide bonds. The summed E-state index contributed by atoms with van der Waals surface area (Å²) in [7, 11) is 0. The van der Waals surface area contributed by atoms with E-state index in [9.17, 15) is 9.90 Å². The standard InChI is InChI=1S/C13H11NO2/c14-8-9-1-3-10(4-2-9)12-6-5-11(15)7-13(12)16/h1-4,7,12,16H,5-6H2/t12-/m0/s1. The molecule has 3 heteroatoms. The van der Waals surface area contributed by atoms with Crippen LogP contribution in [0.15, 0.2) is 36.1 Å². The number of nitrogens with zero attached hydrogens (tertiary/aromatic N) is 1. The van der Waals surface area contributed by atoms with E-state index in [-0.39, 0.29) is 17.5 Å². The molecule has 0 aromatic heterocycles. The van der Waals surface area contributed by atoms with Crippen molar-refractivity contribution < 1.29 is 9.90 Å². The first kappa shape index (κ1) is 10.4. The number of nitriles is 1. The van der Waals surface area contributed by atoms with Gasteiger partial charge in [-0.1, -0.05) is 12.1 Å². The fourth-order valence-electron chi connectivity index (χ4n) is 1.90. The Morgan fingerprint density at radius 3 is 2.56 bits per heavy atom. The fourth-order valence-corrected chi connectivity index (χ4v) is 1.90. The molecule has 1 N–H and O–H groups in total.